The van der Waals surface area contributed by atoms with Gasteiger partial charge in [0.1, 0.15) is 0 Å². The molecule has 0 heterocycles. The van der Waals surface area contributed by atoms with Gasteiger partial charge in [-0.3, -0.25) is 4.90 Å². The van der Waals surface area contributed by atoms with Crippen LogP contribution in [0.5, 0.6) is 0 Å². The molecule has 23 heavy (non-hydrogen) atoms. The van der Waals surface area contributed by atoms with Gasteiger partial charge in [-0.2, -0.15) is 5.26 Å². The Kier molecular flexibility index (Phi) is 4.92. The molecule has 0 saturated heterocycles. The van der Waals surface area contributed by atoms with Crippen molar-refractivity contribution in [2.75, 3.05) is 6.54 Å². The van der Waals surface area contributed by atoms with E-state index in [9.17, 15) is 0 Å². The summed E-state index contributed by atoms with van der Waals surface area (Å²) in [6.07, 6.45) is 0. The maximum absolute atomic E-state index is 9.10. The number of nitrogens with zero attached hydrogens (tertiary/aromatic N) is 2. The highest BCUT2D eigenvalue weighted by atomic mass is 35.5. The molecule has 0 unspecified atom stereocenters. The molecule has 0 N–H and O–H groups in total. The molecule has 3 aromatic carbocycles. The van der Waals surface area contributed by atoms with Gasteiger partial charge in [0.25, 0.3) is 0 Å². The normalized spacial score (nSPS) is 10.8. The topological polar surface area (TPSA) is 27.0 Å². The Balaban J connectivity index is 1.77. The summed E-state index contributed by atoms with van der Waals surface area (Å²) in [6.45, 7) is 1.88. The molecular weight excluding hydrogens is 304 g/mol. The fourth-order valence-corrected chi connectivity index (χ4v) is 2.84. The first-order chi connectivity index (χ1) is 11.2. The number of hydrogen-bond acceptors (Lipinski definition) is 2. The lowest BCUT2D eigenvalue weighted by atomic mass is 10.1. The lowest BCUT2D eigenvalue weighted by Gasteiger charge is -2.19. The second-order valence-corrected chi connectivity index (χ2v) is 6.05. The molecule has 0 aliphatic heterocycles. The van der Waals surface area contributed by atoms with E-state index in [-0.39, 0.29) is 0 Å². The van der Waals surface area contributed by atoms with Crippen LogP contribution in [0, 0.1) is 11.3 Å². The van der Waals surface area contributed by atoms with Crippen LogP contribution in [0.15, 0.2) is 66.7 Å². The Morgan fingerprint density at radius 1 is 0.826 bits per heavy atom. The van der Waals surface area contributed by atoms with Gasteiger partial charge in [-0.1, -0.05) is 60.1 Å². The van der Waals surface area contributed by atoms with Gasteiger partial charge in [-0.05, 0) is 40.1 Å². The minimum absolute atomic E-state index is 0.398. The van der Waals surface area contributed by atoms with Crippen molar-refractivity contribution in [3.8, 4) is 6.07 Å². The summed E-state index contributed by atoms with van der Waals surface area (Å²) >= 11 is 5.93. The number of fused-ring (bicyclic) bond motifs is 1. The van der Waals surface area contributed by atoms with Crippen molar-refractivity contribution in [2.45, 2.75) is 13.1 Å². The second kappa shape index (κ2) is 7.28. The lowest BCUT2D eigenvalue weighted by Crippen LogP contribution is -2.23. The molecule has 0 aliphatic carbocycles. The van der Waals surface area contributed by atoms with E-state index in [0.29, 0.717) is 6.54 Å². The molecule has 3 aromatic rings. The van der Waals surface area contributed by atoms with Gasteiger partial charge in [0.15, 0.2) is 0 Å². The molecule has 0 bridgehead atoms. The summed E-state index contributed by atoms with van der Waals surface area (Å²) < 4.78 is 0. The van der Waals surface area contributed by atoms with Crippen LogP contribution in [0.3, 0.4) is 0 Å². The Morgan fingerprint density at radius 3 is 2.22 bits per heavy atom. The zero-order valence-electron chi connectivity index (χ0n) is 12.7. The molecule has 0 atom stereocenters. The van der Waals surface area contributed by atoms with Gasteiger partial charge in [-0.15, -0.1) is 0 Å². The first-order valence-corrected chi connectivity index (χ1v) is 7.94. The maximum atomic E-state index is 9.10. The van der Waals surface area contributed by atoms with Gasteiger partial charge >= 0.3 is 0 Å². The van der Waals surface area contributed by atoms with Crippen LogP contribution in [-0.4, -0.2) is 11.4 Å². The van der Waals surface area contributed by atoms with Crippen molar-refractivity contribution in [3.63, 3.8) is 0 Å². The molecule has 0 spiro atoms. The fourth-order valence-electron chi connectivity index (χ4n) is 2.71. The largest absolute Gasteiger partial charge is 0.282 e. The smallest absolute Gasteiger partial charge is 0.0871 e. The molecule has 0 amide bonds. The summed E-state index contributed by atoms with van der Waals surface area (Å²) in [7, 11) is 0. The zero-order chi connectivity index (χ0) is 16.1. The number of rotatable bonds is 5. The van der Waals surface area contributed by atoms with Crippen LogP contribution < -0.4 is 0 Å². The molecule has 114 valence electrons. The second-order valence-electron chi connectivity index (χ2n) is 5.61. The highest BCUT2D eigenvalue weighted by molar-refractivity contribution is 6.30. The van der Waals surface area contributed by atoms with E-state index in [0.717, 1.165) is 23.7 Å². The molecule has 3 rings (SSSR count). The first kappa shape index (κ1) is 15.6. The van der Waals surface area contributed by atoms with E-state index in [1.54, 1.807) is 0 Å². The lowest BCUT2D eigenvalue weighted by molar-refractivity contribution is 0.289. The summed E-state index contributed by atoms with van der Waals surface area (Å²) in [5, 5.41) is 12.3. The quantitative estimate of drug-likeness (QED) is 0.617. The number of hydrogen-bond donors (Lipinski definition) is 0. The third-order valence-electron chi connectivity index (χ3n) is 3.83. The summed E-state index contributed by atoms with van der Waals surface area (Å²) in [5.74, 6) is 0. The third-order valence-corrected chi connectivity index (χ3v) is 4.09. The van der Waals surface area contributed by atoms with E-state index in [1.165, 1.54) is 16.3 Å². The molecule has 0 saturated carbocycles. The van der Waals surface area contributed by atoms with Gasteiger partial charge in [-0.25, -0.2) is 0 Å². The van der Waals surface area contributed by atoms with Crippen molar-refractivity contribution in [3.05, 3.63) is 82.9 Å². The van der Waals surface area contributed by atoms with Crippen LogP contribution in [0.1, 0.15) is 11.1 Å². The predicted molar refractivity (Wildman–Crippen MR) is 95.1 cm³/mol. The Labute approximate surface area is 141 Å². The highest BCUT2D eigenvalue weighted by Gasteiger charge is 2.07. The zero-order valence-corrected chi connectivity index (χ0v) is 13.5. The predicted octanol–water partition coefficient (Wildman–Crippen LogP) is 5.02. The molecule has 0 aromatic heterocycles. The van der Waals surface area contributed by atoms with E-state index >= 15 is 0 Å². The van der Waals surface area contributed by atoms with Crippen LogP contribution in [0.2, 0.25) is 5.02 Å². The Morgan fingerprint density at radius 2 is 1.48 bits per heavy atom. The standard InChI is InChI=1S/C20H17ClN2/c21-20-9-6-16(7-10-20)14-23(12-11-22)15-17-5-8-18-3-1-2-4-19(18)13-17/h1-10,13H,12,14-15H2. The van der Waals surface area contributed by atoms with Crippen molar-refractivity contribution in [1.29, 1.82) is 5.26 Å². The SMILES string of the molecule is N#CCN(Cc1ccc(Cl)cc1)Cc1ccc2ccccc2c1. The highest BCUT2D eigenvalue weighted by Crippen LogP contribution is 2.18. The van der Waals surface area contributed by atoms with Crippen LogP contribution in [0.25, 0.3) is 10.8 Å². The Hall–Kier alpha value is -2.34. The average Bonchev–Trinajstić information content (AvgIpc) is 2.57. The maximum Gasteiger partial charge on any atom is 0.0871 e. The first-order valence-electron chi connectivity index (χ1n) is 7.56. The van der Waals surface area contributed by atoms with Gasteiger partial charge in [0.2, 0.25) is 0 Å². The summed E-state index contributed by atoms with van der Waals surface area (Å²) in [6, 6.07) is 24.8. The van der Waals surface area contributed by atoms with Crippen molar-refractivity contribution in [1.82, 2.24) is 4.90 Å². The average molecular weight is 321 g/mol. The van der Waals surface area contributed by atoms with Gasteiger partial charge in [0.05, 0.1) is 12.6 Å². The molecular formula is C20H17ClN2. The molecule has 0 fully saturated rings. The van der Waals surface area contributed by atoms with Crippen LogP contribution >= 0.6 is 11.6 Å². The van der Waals surface area contributed by atoms with Gasteiger partial charge < -0.3 is 0 Å². The summed E-state index contributed by atoms with van der Waals surface area (Å²) in [4.78, 5) is 2.13. The molecule has 0 radical (unpaired) electrons. The van der Waals surface area contributed by atoms with E-state index in [4.69, 9.17) is 16.9 Å². The molecule has 0 aliphatic rings. The van der Waals surface area contributed by atoms with Crippen molar-refractivity contribution < 1.29 is 0 Å². The summed E-state index contributed by atoms with van der Waals surface area (Å²) in [5.41, 5.74) is 2.37. The minimum Gasteiger partial charge on any atom is -0.282 e. The van der Waals surface area contributed by atoms with E-state index in [2.05, 4.69) is 41.3 Å². The monoisotopic (exact) mass is 320 g/mol. The molecule has 2 nitrogen and oxygen atoms in total. The number of benzene rings is 3. The third kappa shape index (κ3) is 4.10. The van der Waals surface area contributed by atoms with E-state index < -0.39 is 0 Å². The fraction of sp³-hybridized carbons (Fsp3) is 0.150. The van der Waals surface area contributed by atoms with Crippen molar-refractivity contribution in [2.24, 2.45) is 0 Å². The van der Waals surface area contributed by atoms with Gasteiger partial charge in [0, 0.05) is 18.1 Å². The van der Waals surface area contributed by atoms with E-state index in [1.807, 2.05) is 36.4 Å². The van der Waals surface area contributed by atoms with Crippen LogP contribution in [-0.2, 0) is 13.1 Å². The number of halogens is 1. The molecule has 3 heteroatoms. The Bertz CT molecular complexity index is 834. The van der Waals surface area contributed by atoms with Crippen LogP contribution in [0.4, 0.5) is 0 Å². The number of nitriles is 1. The minimum atomic E-state index is 0.398. The van der Waals surface area contributed by atoms with Crippen molar-refractivity contribution >= 4 is 22.4 Å².